The Hall–Kier alpha value is -2.88. The van der Waals surface area contributed by atoms with Gasteiger partial charge in [-0.1, -0.05) is 18.1 Å². The molecule has 0 saturated carbocycles. The minimum atomic E-state index is -0.735. The quantitative estimate of drug-likeness (QED) is 0.813. The van der Waals surface area contributed by atoms with Gasteiger partial charge in [-0.05, 0) is 22.9 Å². The van der Waals surface area contributed by atoms with Crippen molar-refractivity contribution in [1.29, 1.82) is 0 Å². The molecule has 7 nitrogen and oxygen atoms in total. The molecule has 1 heterocycles. The number of terminal acetylenes is 1. The van der Waals surface area contributed by atoms with Crippen LogP contribution in [0.1, 0.15) is 5.56 Å². The lowest BCUT2D eigenvalue weighted by atomic mass is 9.93. The van der Waals surface area contributed by atoms with E-state index in [1.807, 2.05) is 24.3 Å². The molecule has 1 aliphatic rings. The molecule has 7 heteroatoms. The highest BCUT2D eigenvalue weighted by molar-refractivity contribution is 5.75. The number of nitrogens with zero attached hydrogens (tertiary/aromatic N) is 3. The molecule has 0 fully saturated rings. The van der Waals surface area contributed by atoms with E-state index in [-0.39, 0.29) is 13.2 Å². The van der Waals surface area contributed by atoms with E-state index in [0.717, 1.165) is 11.3 Å². The monoisotopic (exact) mass is 300 g/mol. The Morgan fingerprint density at radius 3 is 3.05 bits per heavy atom. The summed E-state index contributed by atoms with van der Waals surface area (Å²) in [6.45, 7) is 0.130. The van der Waals surface area contributed by atoms with Crippen molar-refractivity contribution >= 4 is 12.3 Å². The number of carbonyl (C=O) groups excluding carboxylic acids is 1. The zero-order valence-corrected chi connectivity index (χ0v) is 12.2. The highest BCUT2D eigenvalue weighted by Crippen LogP contribution is 2.22. The standard InChI is InChI=1S/C15H16N4O3/c1-3-7-22-14(20)16-10-15(11-17-19-18-15)9-12-5-4-6-13(8-12)21-2/h1,4-6,8,11H,7,9-10H2,2H3,(H,16,20). The highest BCUT2D eigenvalue weighted by atomic mass is 16.5. The Morgan fingerprint density at radius 2 is 2.36 bits per heavy atom. The summed E-state index contributed by atoms with van der Waals surface area (Å²) >= 11 is 0. The Bertz CT molecular complexity index is 622. The number of nitrogens with one attached hydrogen (secondary N) is 1. The van der Waals surface area contributed by atoms with E-state index < -0.39 is 11.6 Å². The van der Waals surface area contributed by atoms with Crippen LogP contribution in [0.25, 0.3) is 0 Å². The van der Waals surface area contributed by atoms with Gasteiger partial charge in [0.2, 0.25) is 0 Å². The van der Waals surface area contributed by atoms with Gasteiger partial charge in [0.25, 0.3) is 0 Å². The normalized spacial score (nSPS) is 18.7. The van der Waals surface area contributed by atoms with E-state index in [1.165, 1.54) is 0 Å². The van der Waals surface area contributed by atoms with Crippen LogP contribution in [0, 0.1) is 12.3 Å². The van der Waals surface area contributed by atoms with Crippen LogP contribution in [0.3, 0.4) is 0 Å². The van der Waals surface area contributed by atoms with Crippen molar-refractivity contribution in [2.45, 2.75) is 12.0 Å². The molecule has 1 unspecified atom stereocenters. The second-order valence-corrected chi connectivity index (χ2v) is 4.70. The second-order valence-electron chi connectivity index (χ2n) is 4.70. The van der Waals surface area contributed by atoms with Crippen LogP contribution >= 0.6 is 0 Å². The van der Waals surface area contributed by atoms with Crippen LogP contribution in [0.2, 0.25) is 0 Å². The molecule has 1 N–H and O–H groups in total. The number of amides is 1. The van der Waals surface area contributed by atoms with E-state index >= 15 is 0 Å². The Labute approximate surface area is 128 Å². The largest absolute Gasteiger partial charge is 0.497 e. The van der Waals surface area contributed by atoms with Crippen LogP contribution < -0.4 is 10.1 Å². The highest BCUT2D eigenvalue weighted by Gasteiger charge is 2.32. The van der Waals surface area contributed by atoms with Gasteiger partial charge in [0.1, 0.15) is 11.3 Å². The summed E-state index contributed by atoms with van der Waals surface area (Å²) in [5, 5.41) is 14.2. The molecule has 0 spiro atoms. The van der Waals surface area contributed by atoms with Crippen molar-refractivity contribution < 1.29 is 14.3 Å². The average molecular weight is 300 g/mol. The van der Waals surface area contributed by atoms with Crippen molar-refractivity contribution in [2.24, 2.45) is 15.4 Å². The maximum Gasteiger partial charge on any atom is 0.408 e. The van der Waals surface area contributed by atoms with Gasteiger partial charge in [-0.3, -0.25) is 0 Å². The van der Waals surface area contributed by atoms with E-state index in [9.17, 15) is 4.79 Å². The average Bonchev–Trinajstić information content (AvgIpc) is 3.00. The number of carbonyl (C=O) groups is 1. The fourth-order valence-electron chi connectivity index (χ4n) is 2.02. The first-order chi connectivity index (χ1) is 10.7. The van der Waals surface area contributed by atoms with Crippen LogP contribution in [0.4, 0.5) is 4.79 Å². The Balaban J connectivity index is 2.03. The van der Waals surface area contributed by atoms with E-state index in [1.54, 1.807) is 13.3 Å². The Kier molecular flexibility index (Phi) is 5.09. The van der Waals surface area contributed by atoms with Gasteiger partial charge in [0.15, 0.2) is 6.61 Å². The summed E-state index contributed by atoms with van der Waals surface area (Å²) in [6, 6.07) is 7.60. The van der Waals surface area contributed by atoms with Gasteiger partial charge in [-0.25, -0.2) is 4.79 Å². The number of hydrogen-bond donors (Lipinski definition) is 1. The van der Waals surface area contributed by atoms with Crippen LogP contribution in [-0.4, -0.2) is 38.1 Å². The zero-order chi connectivity index (χ0) is 15.8. The van der Waals surface area contributed by atoms with Gasteiger partial charge in [0.05, 0.1) is 19.9 Å². The van der Waals surface area contributed by atoms with E-state index in [0.29, 0.717) is 6.42 Å². The summed E-state index contributed by atoms with van der Waals surface area (Å²) in [5.74, 6) is 2.97. The van der Waals surface area contributed by atoms with Gasteiger partial charge in [0, 0.05) is 6.42 Å². The predicted molar refractivity (Wildman–Crippen MR) is 81.0 cm³/mol. The first kappa shape index (κ1) is 15.5. The predicted octanol–water partition coefficient (Wildman–Crippen LogP) is 1.79. The molecule has 114 valence electrons. The van der Waals surface area contributed by atoms with Crippen molar-refractivity contribution in [2.75, 3.05) is 20.3 Å². The third kappa shape index (κ3) is 4.06. The molecule has 0 saturated heterocycles. The molecule has 22 heavy (non-hydrogen) atoms. The summed E-state index contributed by atoms with van der Waals surface area (Å²) in [4.78, 5) is 11.5. The smallest absolute Gasteiger partial charge is 0.408 e. The molecule has 1 atom stereocenters. The molecule has 1 aromatic carbocycles. The van der Waals surface area contributed by atoms with Gasteiger partial charge in [-0.2, -0.15) is 5.11 Å². The minimum absolute atomic E-state index is 0.0790. The molecular weight excluding hydrogens is 284 g/mol. The fraction of sp³-hybridized carbons (Fsp3) is 0.333. The minimum Gasteiger partial charge on any atom is -0.497 e. The molecule has 0 bridgehead atoms. The summed E-state index contributed by atoms with van der Waals surface area (Å²) in [6.07, 6.45) is 6.56. The van der Waals surface area contributed by atoms with Crippen molar-refractivity contribution in [1.82, 2.24) is 5.32 Å². The molecule has 0 radical (unpaired) electrons. The topological polar surface area (TPSA) is 84.6 Å². The third-order valence-corrected chi connectivity index (χ3v) is 3.06. The number of alkyl carbamates (subject to hydrolysis) is 1. The first-order valence-electron chi connectivity index (χ1n) is 6.61. The van der Waals surface area contributed by atoms with Crippen LogP contribution in [-0.2, 0) is 11.2 Å². The summed E-state index contributed by atoms with van der Waals surface area (Å²) < 4.78 is 9.96. The molecule has 0 aromatic heterocycles. The summed E-state index contributed by atoms with van der Waals surface area (Å²) in [7, 11) is 1.61. The van der Waals surface area contributed by atoms with Crippen molar-refractivity contribution in [3.05, 3.63) is 29.8 Å². The van der Waals surface area contributed by atoms with Gasteiger partial charge < -0.3 is 14.8 Å². The SMILES string of the molecule is C#CCOC(=O)NCC1(Cc2cccc(OC)c2)C=NN=N1. The molecule has 1 aliphatic heterocycles. The first-order valence-corrected chi connectivity index (χ1v) is 6.61. The molecule has 1 aromatic rings. The van der Waals surface area contributed by atoms with Gasteiger partial charge >= 0.3 is 6.09 Å². The lowest BCUT2D eigenvalue weighted by Crippen LogP contribution is -2.43. The van der Waals surface area contributed by atoms with Crippen molar-refractivity contribution in [3.8, 4) is 18.1 Å². The lowest BCUT2D eigenvalue weighted by Gasteiger charge is -2.21. The van der Waals surface area contributed by atoms with Crippen LogP contribution in [0.15, 0.2) is 39.7 Å². The maximum absolute atomic E-state index is 11.5. The van der Waals surface area contributed by atoms with Crippen LogP contribution in [0.5, 0.6) is 5.75 Å². The number of methoxy groups -OCH3 is 1. The molecule has 2 rings (SSSR count). The molecular formula is C15H16N4O3. The molecule has 1 amide bonds. The van der Waals surface area contributed by atoms with E-state index in [2.05, 4.69) is 26.7 Å². The fourth-order valence-corrected chi connectivity index (χ4v) is 2.02. The second kappa shape index (κ2) is 7.22. The third-order valence-electron chi connectivity index (χ3n) is 3.06. The summed E-state index contributed by atoms with van der Waals surface area (Å²) in [5.41, 5.74) is 0.257. The van der Waals surface area contributed by atoms with E-state index in [4.69, 9.17) is 15.9 Å². The van der Waals surface area contributed by atoms with Crippen molar-refractivity contribution in [3.63, 3.8) is 0 Å². The molecule has 0 aliphatic carbocycles. The Morgan fingerprint density at radius 1 is 1.50 bits per heavy atom. The maximum atomic E-state index is 11.5. The van der Waals surface area contributed by atoms with Gasteiger partial charge in [-0.15, -0.1) is 11.5 Å². The lowest BCUT2D eigenvalue weighted by molar-refractivity contribution is 0.158. The zero-order valence-electron chi connectivity index (χ0n) is 12.2. The number of rotatable bonds is 6. The number of hydrogen-bond acceptors (Lipinski definition) is 6. The number of ether oxygens (including phenoxy) is 2. The number of benzene rings is 1.